The van der Waals surface area contributed by atoms with E-state index in [2.05, 4.69) is 5.10 Å². The van der Waals surface area contributed by atoms with Crippen LogP contribution in [0, 0.1) is 0 Å². The van der Waals surface area contributed by atoms with Gasteiger partial charge in [0.2, 0.25) is 0 Å². The first-order valence-corrected chi connectivity index (χ1v) is 3.82. The fourth-order valence-electron chi connectivity index (χ4n) is 1.04. The van der Waals surface area contributed by atoms with E-state index in [9.17, 15) is 0 Å². The van der Waals surface area contributed by atoms with Crippen LogP contribution in [-0.4, -0.2) is 23.6 Å². The number of hydrogen-bond donors (Lipinski definition) is 2. The maximum Gasteiger partial charge on any atom is 0.0847 e. The third kappa shape index (κ3) is 1.88. The molecule has 0 aliphatic carbocycles. The molecule has 0 bridgehead atoms. The first kappa shape index (κ1) is 8.86. The average Bonchev–Trinajstić information content (AvgIpc) is 2.35. The van der Waals surface area contributed by atoms with Crippen molar-refractivity contribution in [1.29, 1.82) is 0 Å². The van der Waals surface area contributed by atoms with Gasteiger partial charge in [0.1, 0.15) is 0 Å². The molecular weight excluding hydrogens is 156 g/mol. The highest BCUT2D eigenvalue weighted by Crippen LogP contribution is 2.09. The van der Waals surface area contributed by atoms with E-state index in [1.54, 1.807) is 13.3 Å². The molecule has 1 aromatic heterocycles. The molecule has 4 N–H and O–H groups in total. The number of nitrogens with zero attached hydrogens (tertiary/aromatic N) is 2. The number of aromatic nitrogens is 2. The highest BCUT2D eigenvalue weighted by atomic mass is 16.5. The molecule has 0 aliphatic heterocycles. The molecule has 1 rings (SSSR count). The summed E-state index contributed by atoms with van der Waals surface area (Å²) in [5.41, 5.74) is 7.13. The van der Waals surface area contributed by atoms with Crippen molar-refractivity contribution in [3.63, 3.8) is 0 Å². The summed E-state index contributed by atoms with van der Waals surface area (Å²) in [5.74, 6) is 5.51. The Morgan fingerprint density at radius 3 is 2.92 bits per heavy atom. The third-order valence-electron chi connectivity index (χ3n) is 1.69. The molecule has 5 nitrogen and oxygen atoms in total. The predicted octanol–water partition coefficient (Wildman–Crippen LogP) is -0.242. The molecule has 0 spiro atoms. The van der Waals surface area contributed by atoms with Crippen molar-refractivity contribution in [1.82, 2.24) is 9.89 Å². The number of methoxy groups -OCH3 is 1. The standard InChI is InChI=1S/C7H14N4O/c1-12-4-2-3-7-6(8)5-10-11(7)9/h5H,2-4,8-9H2,1H3. The fraction of sp³-hybridized carbons (Fsp3) is 0.571. The molecule has 68 valence electrons. The number of nitrogen functional groups attached to an aromatic ring is 2. The SMILES string of the molecule is COCCCc1c(N)cnn1N. The van der Waals surface area contributed by atoms with Gasteiger partial charge in [-0.3, -0.25) is 0 Å². The second-order valence-corrected chi connectivity index (χ2v) is 2.59. The topological polar surface area (TPSA) is 79.1 Å². The molecule has 0 atom stereocenters. The van der Waals surface area contributed by atoms with Crippen molar-refractivity contribution in [2.24, 2.45) is 0 Å². The maximum atomic E-state index is 5.62. The normalized spacial score (nSPS) is 10.4. The van der Waals surface area contributed by atoms with Crippen LogP contribution in [0.25, 0.3) is 0 Å². The van der Waals surface area contributed by atoms with Gasteiger partial charge in [-0.2, -0.15) is 9.89 Å². The first-order chi connectivity index (χ1) is 5.75. The number of anilines is 1. The molecule has 0 amide bonds. The Morgan fingerprint density at radius 1 is 1.67 bits per heavy atom. The van der Waals surface area contributed by atoms with Crippen LogP contribution >= 0.6 is 0 Å². The number of ether oxygens (including phenoxy) is 1. The highest BCUT2D eigenvalue weighted by molar-refractivity contribution is 5.40. The zero-order chi connectivity index (χ0) is 8.97. The quantitative estimate of drug-likeness (QED) is 0.482. The molecule has 0 aromatic carbocycles. The Morgan fingerprint density at radius 2 is 2.42 bits per heavy atom. The molecule has 1 heterocycles. The van der Waals surface area contributed by atoms with E-state index < -0.39 is 0 Å². The molecular formula is C7H14N4O. The van der Waals surface area contributed by atoms with Crippen LogP contribution in [0.4, 0.5) is 5.69 Å². The first-order valence-electron chi connectivity index (χ1n) is 3.82. The van der Waals surface area contributed by atoms with Crippen LogP contribution in [0.1, 0.15) is 12.1 Å². The lowest BCUT2D eigenvalue weighted by Gasteiger charge is -2.01. The monoisotopic (exact) mass is 170 g/mol. The number of hydrogen-bond acceptors (Lipinski definition) is 4. The van der Waals surface area contributed by atoms with Crippen molar-refractivity contribution >= 4 is 5.69 Å². The van der Waals surface area contributed by atoms with E-state index >= 15 is 0 Å². The summed E-state index contributed by atoms with van der Waals surface area (Å²) in [6, 6.07) is 0. The van der Waals surface area contributed by atoms with E-state index in [0.717, 1.165) is 18.5 Å². The summed E-state index contributed by atoms with van der Waals surface area (Å²) in [4.78, 5) is 1.31. The van der Waals surface area contributed by atoms with Gasteiger partial charge in [-0.1, -0.05) is 0 Å². The minimum atomic E-state index is 0.647. The molecule has 5 heteroatoms. The van der Waals surface area contributed by atoms with Crippen LogP contribution in [-0.2, 0) is 11.2 Å². The van der Waals surface area contributed by atoms with E-state index in [1.807, 2.05) is 0 Å². The summed E-state index contributed by atoms with van der Waals surface area (Å²) in [7, 11) is 1.67. The fourth-order valence-corrected chi connectivity index (χ4v) is 1.04. The van der Waals surface area contributed by atoms with E-state index in [4.69, 9.17) is 16.3 Å². The Kier molecular flexibility index (Phi) is 2.93. The summed E-state index contributed by atoms with van der Waals surface area (Å²) in [6.45, 7) is 0.713. The van der Waals surface area contributed by atoms with Gasteiger partial charge in [-0.25, -0.2) is 0 Å². The molecule has 0 saturated carbocycles. The summed E-state index contributed by atoms with van der Waals surface area (Å²) in [6.07, 6.45) is 3.27. The lowest BCUT2D eigenvalue weighted by molar-refractivity contribution is 0.194. The Balaban J connectivity index is 2.50. The average molecular weight is 170 g/mol. The summed E-state index contributed by atoms with van der Waals surface area (Å²) in [5, 5.41) is 3.82. The van der Waals surface area contributed by atoms with Gasteiger partial charge in [-0.05, 0) is 12.8 Å². The van der Waals surface area contributed by atoms with Crippen LogP contribution in [0.2, 0.25) is 0 Å². The second-order valence-electron chi connectivity index (χ2n) is 2.59. The van der Waals surface area contributed by atoms with Gasteiger partial charge in [0.05, 0.1) is 17.6 Å². The van der Waals surface area contributed by atoms with Crippen molar-refractivity contribution in [3.8, 4) is 0 Å². The van der Waals surface area contributed by atoms with Gasteiger partial charge in [-0.15, -0.1) is 0 Å². The minimum absolute atomic E-state index is 0.647. The van der Waals surface area contributed by atoms with Crippen LogP contribution in [0.3, 0.4) is 0 Å². The highest BCUT2D eigenvalue weighted by Gasteiger charge is 2.04. The van der Waals surface area contributed by atoms with Gasteiger partial charge >= 0.3 is 0 Å². The lowest BCUT2D eigenvalue weighted by Crippen LogP contribution is -2.15. The van der Waals surface area contributed by atoms with Gasteiger partial charge < -0.3 is 16.3 Å². The van der Waals surface area contributed by atoms with Crippen molar-refractivity contribution in [3.05, 3.63) is 11.9 Å². The summed E-state index contributed by atoms with van der Waals surface area (Å²) >= 11 is 0. The molecule has 0 fully saturated rings. The smallest absolute Gasteiger partial charge is 0.0847 e. The zero-order valence-corrected chi connectivity index (χ0v) is 7.16. The zero-order valence-electron chi connectivity index (χ0n) is 7.16. The molecule has 0 saturated heterocycles. The predicted molar refractivity (Wildman–Crippen MR) is 47.0 cm³/mol. The Hall–Kier alpha value is -1.23. The van der Waals surface area contributed by atoms with Gasteiger partial charge in [0, 0.05) is 13.7 Å². The van der Waals surface area contributed by atoms with Crippen molar-refractivity contribution in [2.75, 3.05) is 25.3 Å². The molecule has 0 unspecified atom stereocenters. The number of rotatable bonds is 4. The Labute approximate surface area is 71.3 Å². The maximum absolute atomic E-state index is 5.62. The van der Waals surface area contributed by atoms with Crippen LogP contribution < -0.4 is 11.6 Å². The van der Waals surface area contributed by atoms with Gasteiger partial charge in [0.15, 0.2) is 0 Å². The van der Waals surface area contributed by atoms with E-state index in [1.165, 1.54) is 4.79 Å². The van der Waals surface area contributed by atoms with Gasteiger partial charge in [0.25, 0.3) is 0 Å². The van der Waals surface area contributed by atoms with E-state index in [-0.39, 0.29) is 0 Å². The summed E-state index contributed by atoms with van der Waals surface area (Å²) < 4.78 is 4.91. The molecule has 12 heavy (non-hydrogen) atoms. The second kappa shape index (κ2) is 3.96. The minimum Gasteiger partial charge on any atom is -0.396 e. The van der Waals surface area contributed by atoms with Crippen molar-refractivity contribution in [2.45, 2.75) is 12.8 Å². The van der Waals surface area contributed by atoms with Crippen molar-refractivity contribution < 1.29 is 4.74 Å². The molecule has 0 radical (unpaired) electrons. The Bertz CT molecular complexity index is 226. The third-order valence-corrected chi connectivity index (χ3v) is 1.69. The van der Waals surface area contributed by atoms with Crippen LogP contribution in [0.5, 0.6) is 0 Å². The lowest BCUT2D eigenvalue weighted by atomic mass is 10.2. The molecule has 1 aromatic rings. The van der Waals surface area contributed by atoms with Crippen LogP contribution in [0.15, 0.2) is 6.20 Å². The van der Waals surface area contributed by atoms with E-state index in [0.29, 0.717) is 12.3 Å². The molecule has 0 aliphatic rings. The number of nitrogens with two attached hydrogens (primary N) is 2. The largest absolute Gasteiger partial charge is 0.396 e.